The largest absolute Gasteiger partial charge is 0.363 e. The van der Waals surface area contributed by atoms with Crippen molar-refractivity contribution in [3.63, 3.8) is 0 Å². The fourth-order valence-electron chi connectivity index (χ4n) is 5.54. The van der Waals surface area contributed by atoms with Crippen molar-refractivity contribution in [1.82, 2.24) is 14.5 Å². The Balaban J connectivity index is 1.56. The smallest absolute Gasteiger partial charge is 0.266 e. The van der Waals surface area contributed by atoms with Crippen LogP contribution >= 0.6 is 0 Å². The highest BCUT2D eigenvalue weighted by atomic mass is 19.3. The summed E-state index contributed by atoms with van der Waals surface area (Å²) in [5.41, 5.74) is -1.89. The van der Waals surface area contributed by atoms with Gasteiger partial charge in [0, 0.05) is 23.4 Å². The van der Waals surface area contributed by atoms with Crippen LogP contribution in [0.2, 0.25) is 0 Å². The molecule has 1 aromatic carbocycles. The number of pyridine rings is 1. The summed E-state index contributed by atoms with van der Waals surface area (Å²) in [4.78, 5) is 21.9. The SMILES string of the molecule is Cc1nc(N[C@H](C)c2cccc(C(F)F)c2F)c2cn(C34CCC(F)(CC3)CC4)c(=O)cc2n1. The Morgan fingerprint density at radius 3 is 2.35 bits per heavy atom. The Bertz CT molecular complexity index is 1300. The topological polar surface area (TPSA) is 59.8 Å². The number of nitrogens with one attached hydrogen (secondary N) is 1. The molecule has 3 saturated carbocycles. The van der Waals surface area contributed by atoms with Crippen molar-refractivity contribution in [2.75, 3.05) is 5.32 Å². The molecule has 2 heterocycles. The zero-order chi connectivity index (χ0) is 24.3. The van der Waals surface area contributed by atoms with Gasteiger partial charge in [-0.05, 0) is 52.4 Å². The third kappa shape index (κ3) is 3.75. The molecule has 180 valence electrons. The van der Waals surface area contributed by atoms with Gasteiger partial charge >= 0.3 is 0 Å². The van der Waals surface area contributed by atoms with Crippen molar-refractivity contribution in [3.05, 3.63) is 63.6 Å². The molecule has 1 atom stereocenters. The number of hydrogen-bond donors (Lipinski definition) is 1. The van der Waals surface area contributed by atoms with Crippen molar-refractivity contribution >= 4 is 16.7 Å². The number of hydrogen-bond acceptors (Lipinski definition) is 4. The highest BCUT2D eigenvalue weighted by Gasteiger charge is 2.50. The summed E-state index contributed by atoms with van der Waals surface area (Å²) in [6.45, 7) is 3.34. The number of aromatic nitrogens is 3. The van der Waals surface area contributed by atoms with Crippen LogP contribution in [0.15, 0.2) is 35.3 Å². The molecule has 6 rings (SSSR count). The second-order valence-corrected chi connectivity index (χ2v) is 9.69. The molecule has 0 radical (unpaired) electrons. The fraction of sp³-hybridized carbons (Fsp3) is 0.480. The maximum absolute atomic E-state index is 14.7. The van der Waals surface area contributed by atoms with Crippen molar-refractivity contribution in [2.45, 2.75) is 76.0 Å². The second-order valence-electron chi connectivity index (χ2n) is 9.69. The number of benzene rings is 1. The van der Waals surface area contributed by atoms with Gasteiger partial charge in [-0.2, -0.15) is 0 Å². The first-order valence-corrected chi connectivity index (χ1v) is 11.5. The fourth-order valence-corrected chi connectivity index (χ4v) is 5.54. The number of fused-ring (bicyclic) bond motifs is 4. The highest BCUT2D eigenvalue weighted by molar-refractivity contribution is 5.88. The van der Waals surface area contributed by atoms with Crippen molar-refractivity contribution in [1.29, 1.82) is 0 Å². The molecule has 9 heteroatoms. The molecule has 0 unspecified atom stereocenters. The van der Waals surface area contributed by atoms with Gasteiger partial charge in [-0.1, -0.05) is 18.2 Å². The Hall–Kier alpha value is -2.97. The zero-order valence-electron chi connectivity index (χ0n) is 19.0. The van der Waals surface area contributed by atoms with Crippen LogP contribution in [0.25, 0.3) is 10.9 Å². The lowest BCUT2D eigenvalue weighted by Crippen LogP contribution is -2.52. The first-order chi connectivity index (χ1) is 16.1. The van der Waals surface area contributed by atoms with Gasteiger partial charge < -0.3 is 9.88 Å². The monoisotopic (exact) mass is 474 g/mol. The van der Waals surface area contributed by atoms with Gasteiger partial charge in [-0.15, -0.1) is 0 Å². The molecule has 1 N–H and O–H groups in total. The van der Waals surface area contributed by atoms with Gasteiger partial charge in [0.15, 0.2) is 0 Å². The lowest BCUT2D eigenvalue weighted by Gasteiger charge is -2.50. The molecule has 34 heavy (non-hydrogen) atoms. The van der Waals surface area contributed by atoms with Crippen molar-refractivity contribution in [2.24, 2.45) is 0 Å². The normalized spacial score (nSPS) is 25.1. The van der Waals surface area contributed by atoms with Gasteiger partial charge in [0.2, 0.25) is 0 Å². The van der Waals surface area contributed by atoms with Crippen LogP contribution in [0.3, 0.4) is 0 Å². The molecular weight excluding hydrogens is 448 g/mol. The Kier molecular flexibility index (Phi) is 5.41. The van der Waals surface area contributed by atoms with Crippen LogP contribution in [-0.2, 0) is 5.54 Å². The van der Waals surface area contributed by atoms with E-state index in [-0.39, 0.29) is 11.1 Å². The lowest BCUT2D eigenvalue weighted by molar-refractivity contribution is -0.0282. The molecule has 3 aromatic rings. The zero-order valence-corrected chi connectivity index (χ0v) is 19.0. The minimum Gasteiger partial charge on any atom is -0.363 e. The van der Waals surface area contributed by atoms with E-state index in [1.807, 2.05) is 0 Å². The van der Waals surface area contributed by atoms with Crippen LogP contribution in [0, 0.1) is 12.7 Å². The van der Waals surface area contributed by atoms with E-state index in [1.54, 1.807) is 24.6 Å². The van der Waals surface area contributed by atoms with Crippen LogP contribution < -0.4 is 10.9 Å². The van der Waals surface area contributed by atoms with E-state index in [1.165, 1.54) is 18.2 Å². The molecule has 5 nitrogen and oxygen atoms in total. The van der Waals surface area contributed by atoms with E-state index in [0.29, 0.717) is 61.1 Å². The van der Waals surface area contributed by atoms with E-state index >= 15 is 0 Å². The number of anilines is 1. The first kappa shape index (κ1) is 22.8. The average molecular weight is 475 g/mol. The van der Waals surface area contributed by atoms with Crippen LogP contribution in [0.5, 0.6) is 0 Å². The van der Waals surface area contributed by atoms with Gasteiger partial charge in [0.05, 0.1) is 22.5 Å². The minimum atomic E-state index is -2.92. The lowest BCUT2D eigenvalue weighted by atomic mass is 9.64. The Labute approximate surface area is 194 Å². The van der Waals surface area contributed by atoms with E-state index in [2.05, 4.69) is 15.3 Å². The highest BCUT2D eigenvalue weighted by Crippen LogP contribution is 2.52. The van der Waals surface area contributed by atoms with Gasteiger partial charge in [0.1, 0.15) is 23.1 Å². The molecule has 0 spiro atoms. The molecule has 2 aromatic heterocycles. The minimum absolute atomic E-state index is 0.0907. The second kappa shape index (κ2) is 8.06. The molecule has 3 fully saturated rings. The summed E-state index contributed by atoms with van der Waals surface area (Å²) in [7, 11) is 0. The van der Waals surface area contributed by atoms with E-state index in [0.717, 1.165) is 6.07 Å². The standard InChI is InChI=1S/C25H26F4N4O/c1-14(16-4-3-5-17(21(16)26)22(27)28)30-23-18-13-33(20(34)12-19(18)31-15(2)32-23)25-9-6-24(29,7-10-25)8-11-25/h3-5,12-14,22H,6-11H2,1-2H3,(H,30,31,32)/t14-,24?,25?/m1/s1. The van der Waals surface area contributed by atoms with Crippen molar-refractivity contribution in [3.8, 4) is 0 Å². The summed E-state index contributed by atoms with van der Waals surface area (Å²) >= 11 is 0. The summed E-state index contributed by atoms with van der Waals surface area (Å²) in [6.07, 6.45) is 1.87. The maximum Gasteiger partial charge on any atom is 0.266 e. The van der Waals surface area contributed by atoms with Crippen LogP contribution in [0.1, 0.15) is 74.9 Å². The van der Waals surface area contributed by atoms with E-state index in [4.69, 9.17) is 0 Å². The molecule has 0 aliphatic heterocycles. The molecule has 3 aliphatic rings. The molecular formula is C25H26F4N4O. The molecule has 0 saturated heterocycles. The molecule has 0 amide bonds. The Morgan fingerprint density at radius 1 is 1.06 bits per heavy atom. The number of aryl methyl sites for hydroxylation is 1. The number of alkyl halides is 3. The Morgan fingerprint density at radius 2 is 1.71 bits per heavy atom. The maximum atomic E-state index is 14.7. The third-order valence-corrected chi connectivity index (χ3v) is 7.58. The molecule has 2 bridgehead atoms. The summed E-state index contributed by atoms with van der Waals surface area (Å²) in [5, 5.41) is 3.70. The van der Waals surface area contributed by atoms with Gasteiger partial charge in [0.25, 0.3) is 12.0 Å². The van der Waals surface area contributed by atoms with E-state index in [9.17, 15) is 22.4 Å². The quantitative estimate of drug-likeness (QED) is 0.453. The van der Waals surface area contributed by atoms with Gasteiger partial charge in [-0.3, -0.25) is 4.79 Å². The molecule has 3 aliphatic carbocycles. The number of halogens is 4. The van der Waals surface area contributed by atoms with Crippen LogP contribution in [0.4, 0.5) is 23.4 Å². The summed E-state index contributed by atoms with van der Waals surface area (Å²) < 4.78 is 57.5. The third-order valence-electron chi connectivity index (χ3n) is 7.58. The van der Waals surface area contributed by atoms with Gasteiger partial charge in [-0.25, -0.2) is 27.5 Å². The predicted octanol–water partition coefficient (Wildman–Crippen LogP) is 6.12. The number of nitrogens with zero attached hydrogens (tertiary/aromatic N) is 3. The summed E-state index contributed by atoms with van der Waals surface area (Å²) in [5.74, 6) is -0.159. The van der Waals surface area contributed by atoms with E-state index < -0.39 is 35.1 Å². The first-order valence-electron chi connectivity index (χ1n) is 11.5. The number of rotatable bonds is 5. The predicted molar refractivity (Wildman–Crippen MR) is 121 cm³/mol. The van der Waals surface area contributed by atoms with Crippen molar-refractivity contribution < 1.29 is 17.6 Å². The van der Waals surface area contributed by atoms with Crippen LogP contribution in [-0.4, -0.2) is 20.2 Å². The summed E-state index contributed by atoms with van der Waals surface area (Å²) in [6, 6.07) is 4.70. The average Bonchev–Trinajstić information content (AvgIpc) is 2.79.